The Labute approximate surface area is 143 Å². The molecule has 0 fully saturated rings. The van der Waals surface area contributed by atoms with Crippen molar-refractivity contribution in [3.63, 3.8) is 0 Å². The van der Waals surface area contributed by atoms with Gasteiger partial charge in [-0.1, -0.05) is 26.0 Å². The lowest BCUT2D eigenvalue weighted by atomic mass is 9.88. The van der Waals surface area contributed by atoms with Gasteiger partial charge in [0.2, 0.25) is 10.9 Å². The summed E-state index contributed by atoms with van der Waals surface area (Å²) in [6.45, 7) is 3.63. The van der Waals surface area contributed by atoms with Crippen LogP contribution in [-0.2, 0) is 0 Å². The zero-order chi connectivity index (χ0) is 18.7. The minimum absolute atomic E-state index is 0.192. The summed E-state index contributed by atoms with van der Waals surface area (Å²) >= 11 is 0. The number of rotatable bonds is 4. The largest absolute Gasteiger partial charge is 0.502 e. The van der Waals surface area contributed by atoms with Crippen LogP contribution in [0.5, 0.6) is 11.5 Å². The Hall–Kier alpha value is -2.76. The van der Waals surface area contributed by atoms with Crippen LogP contribution in [-0.4, -0.2) is 10.2 Å². The van der Waals surface area contributed by atoms with Crippen molar-refractivity contribution in [2.45, 2.75) is 32.1 Å². The van der Waals surface area contributed by atoms with E-state index in [9.17, 15) is 28.6 Å². The van der Waals surface area contributed by atoms with Gasteiger partial charge < -0.3 is 10.2 Å². The summed E-state index contributed by atoms with van der Waals surface area (Å²) in [6.07, 6.45) is 0.476. The predicted molar refractivity (Wildman–Crippen MR) is 90.1 cm³/mol. The normalized spacial score (nSPS) is 13.3. The summed E-state index contributed by atoms with van der Waals surface area (Å²) in [6, 6.07) is 7.25. The number of aromatic hydroxyl groups is 2. The summed E-state index contributed by atoms with van der Waals surface area (Å²) < 4.78 is 27.1. The first-order valence-electron chi connectivity index (χ1n) is 7.76. The van der Waals surface area contributed by atoms with Gasteiger partial charge in [-0.15, -0.1) is 0 Å². The Balaban J connectivity index is 2.31. The average molecular weight is 348 g/mol. The predicted octanol–water partition coefficient (Wildman–Crippen LogP) is 3.39. The van der Waals surface area contributed by atoms with Crippen LogP contribution in [0.3, 0.4) is 0 Å². The molecule has 0 aromatic heterocycles. The minimum atomic E-state index is -0.996. The van der Waals surface area contributed by atoms with Crippen LogP contribution in [0.25, 0.3) is 0 Å². The van der Waals surface area contributed by atoms with E-state index in [1.54, 1.807) is 0 Å². The van der Waals surface area contributed by atoms with Crippen LogP contribution in [0.1, 0.15) is 43.2 Å². The summed E-state index contributed by atoms with van der Waals surface area (Å²) in [5.74, 6) is -4.24. The standard InChI is InChI=1S/C19H18F2O4/c1-10(12-4-6-16(22)19(25)15(21)8-12)7-11(2)13-3-5-14(20)18(24)17(23)9-13/h3-6,8-11H,7H2,1-2H3,(H,22,25)(H,23,24). The molecule has 0 aliphatic carbocycles. The molecule has 0 amide bonds. The molecule has 0 aliphatic rings. The van der Waals surface area contributed by atoms with Gasteiger partial charge in [0.1, 0.15) is 0 Å². The van der Waals surface area contributed by atoms with Crippen LogP contribution >= 0.6 is 0 Å². The van der Waals surface area contributed by atoms with E-state index in [1.807, 2.05) is 13.8 Å². The van der Waals surface area contributed by atoms with Crippen LogP contribution < -0.4 is 10.9 Å². The average Bonchev–Trinajstić information content (AvgIpc) is 2.78. The summed E-state index contributed by atoms with van der Waals surface area (Å²) in [7, 11) is 0. The molecule has 0 saturated carbocycles. The van der Waals surface area contributed by atoms with E-state index < -0.39 is 34.0 Å². The van der Waals surface area contributed by atoms with Crippen molar-refractivity contribution in [1.82, 2.24) is 0 Å². The zero-order valence-corrected chi connectivity index (χ0v) is 13.8. The number of hydrogen-bond acceptors (Lipinski definition) is 4. The number of halogens is 2. The maximum absolute atomic E-state index is 13.7. The van der Waals surface area contributed by atoms with E-state index >= 15 is 0 Å². The van der Waals surface area contributed by atoms with Crippen molar-refractivity contribution < 1.29 is 19.0 Å². The smallest absolute Gasteiger partial charge is 0.223 e. The fourth-order valence-electron chi connectivity index (χ4n) is 2.68. The highest BCUT2D eigenvalue weighted by molar-refractivity contribution is 5.30. The Kier molecular flexibility index (Phi) is 5.51. The Morgan fingerprint density at radius 3 is 1.96 bits per heavy atom. The van der Waals surface area contributed by atoms with Gasteiger partial charge in [-0.2, -0.15) is 0 Å². The van der Waals surface area contributed by atoms with Gasteiger partial charge >= 0.3 is 0 Å². The summed E-state index contributed by atoms with van der Waals surface area (Å²) in [5, 5.41) is 18.7. The second-order valence-electron chi connectivity index (χ2n) is 6.11. The molecule has 2 aromatic carbocycles. The molecule has 25 heavy (non-hydrogen) atoms. The Morgan fingerprint density at radius 1 is 0.800 bits per heavy atom. The van der Waals surface area contributed by atoms with E-state index in [2.05, 4.69) is 0 Å². The van der Waals surface area contributed by atoms with Gasteiger partial charge in [0.25, 0.3) is 0 Å². The van der Waals surface area contributed by atoms with E-state index in [4.69, 9.17) is 0 Å². The molecule has 2 unspecified atom stereocenters. The molecule has 0 radical (unpaired) electrons. The molecule has 132 valence electrons. The molecule has 4 nitrogen and oxygen atoms in total. The molecule has 0 spiro atoms. The molecule has 2 rings (SSSR count). The van der Waals surface area contributed by atoms with E-state index in [0.29, 0.717) is 17.5 Å². The maximum Gasteiger partial charge on any atom is 0.223 e. The van der Waals surface area contributed by atoms with Crippen molar-refractivity contribution in [3.8, 4) is 11.5 Å². The molecule has 0 aliphatic heterocycles. The van der Waals surface area contributed by atoms with E-state index in [0.717, 1.165) is 18.2 Å². The third-order valence-corrected chi connectivity index (χ3v) is 4.20. The highest BCUT2D eigenvalue weighted by atomic mass is 19.1. The Bertz CT molecular complexity index is 912. The fourth-order valence-corrected chi connectivity index (χ4v) is 2.68. The molecule has 6 heteroatoms. The zero-order valence-electron chi connectivity index (χ0n) is 13.8. The first-order chi connectivity index (χ1) is 11.7. The van der Waals surface area contributed by atoms with Gasteiger partial charge in [-0.05, 0) is 53.6 Å². The minimum Gasteiger partial charge on any atom is -0.502 e. The molecule has 2 aromatic rings. The maximum atomic E-state index is 13.7. The van der Waals surface area contributed by atoms with Crippen molar-refractivity contribution in [2.24, 2.45) is 0 Å². The second-order valence-corrected chi connectivity index (χ2v) is 6.11. The second kappa shape index (κ2) is 7.42. The van der Waals surface area contributed by atoms with Crippen molar-refractivity contribution in [2.75, 3.05) is 0 Å². The molecule has 0 saturated heterocycles. The van der Waals surface area contributed by atoms with Crippen LogP contribution in [0.15, 0.2) is 46.0 Å². The SMILES string of the molecule is CC(CC(C)c1ccc(F)c(O)c(=O)c1)c1ccc(=O)c(O)c(F)c1. The fraction of sp³-hybridized carbons (Fsp3) is 0.263. The lowest BCUT2D eigenvalue weighted by Crippen LogP contribution is -2.03. The van der Waals surface area contributed by atoms with Crippen molar-refractivity contribution >= 4 is 0 Å². The molecule has 0 heterocycles. The first kappa shape index (κ1) is 18.6. The quantitative estimate of drug-likeness (QED) is 0.888. The van der Waals surface area contributed by atoms with E-state index in [1.165, 1.54) is 18.2 Å². The van der Waals surface area contributed by atoms with Crippen LogP contribution in [0, 0.1) is 11.6 Å². The summed E-state index contributed by atoms with van der Waals surface area (Å²) in [5.41, 5.74) is -0.571. The highest BCUT2D eigenvalue weighted by Gasteiger charge is 2.15. The number of hydrogen-bond donors (Lipinski definition) is 2. The van der Waals surface area contributed by atoms with Gasteiger partial charge in [0.15, 0.2) is 23.1 Å². The van der Waals surface area contributed by atoms with Gasteiger partial charge in [-0.25, -0.2) is 8.78 Å². The molecular weight excluding hydrogens is 330 g/mol. The topological polar surface area (TPSA) is 74.6 Å². The molecule has 2 atom stereocenters. The molecular formula is C19H18F2O4. The summed E-state index contributed by atoms with van der Waals surface area (Å²) in [4.78, 5) is 23.1. The van der Waals surface area contributed by atoms with Gasteiger partial charge in [0, 0.05) is 0 Å². The Morgan fingerprint density at radius 2 is 1.32 bits per heavy atom. The lowest BCUT2D eigenvalue weighted by Gasteiger charge is -2.16. The van der Waals surface area contributed by atoms with Gasteiger partial charge in [0.05, 0.1) is 0 Å². The van der Waals surface area contributed by atoms with Crippen LogP contribution in [0.2, 0.25) is 0 Å². The monoisotopic (exact) mass is 348 g/mol. The lowest BCUT2D eigenvalue weighted by molar-refractivity contribution is 0.428. The van der Waals surface area contributed by atoms with Crippen molar-refractivity contribution in [1.29, 1.82) is 0 Å². The van der Waals surface area contributed by atoms with E-state index in [-0.39, 0.29) is 11.8 Å². The first-order valence-corrected chi connectivity index (χ1v) is 7.76. The highest BCUT2D eigenvalue weighted by Crippen LogP contribution is 2.29. The molecule has 0 bridgehead atoms. The third-order valence-electron chi connectivity index (χ3n) is 4.20. The third kappa shape index (κ3) is 4.21. The molecule has 2 N–H and O–H groups in total. The van der Waals surface area contributed by atoms with Crippen LogP contribution in [0.4, 0.5) is 8.78 Å². The van der Waals surface area contributed by atoms with Gasteiger partial charge in [-0.3, -0.25) is 9.59 Å². The van der Waals surface area contributed by atoms with Crippen molar-refractivity contribution in [3.05, 3.63) is 79.6 Å².